The van der Waals surface area contributed by atoms with Gasteiger partial charge in [-0.15, -0.1) is 11.8 Å². The average molecular weight is 331 g/mol. The number of rotatable bonds is 4. The summed E-state index contributed by atoms with van der Waals surface area (Å²) >= 11 is 1.33. The van der Waals surface area contributed by atoms with Gasteiger partial charge in [0.05, 0.1) is 17.4 Å². The third-order valence-corrected chi connectivity index (χ3v) is 4.68. The molecule has 0 aliphatic carbocycles. The summed E-state index contributed by atoms with van der Waals surface area (Å²) < 4.78 is 18.5. The maximum absolute atomic E-state index is 13.5. The van der Waals surface area contributed by atoms with Crippen LogP contribution < -0.4 is 5.32 Å². The minimum Gasteiger partial charge on any atom is -0.461 e. The number of carbonyl (C=O) groups is 2. The fourth-order valence-corrected chi connectivity index (χ4v) is 3.31. The molecule has 4 nitrogen and oxygen atoms in total. The second-order valence-corrected chi connectivity index (χ2v) is 6.29. The number of amides is 1. The molecule has 0 bridgehead atoms. The molecular weight excluding hydrogens is 317 g/mol. The lowest BCUT2D eigenvalue weighted by Gasteiger charge is -2.23. The van der Waals surface area contributed by atoms with Crippen molar-refractivity contribution in [1.29, 1.82) is 0 Å². The Hall–Kier alpha value is -2.34. The Balaban J connectivity index is 1.58. The first-order valence-corrected chi connectivity index (χ1v) is 7.97. The van der Waals surface area contributed by atoms with Crippen LogP contribution in [0.1, 0.15) is 12.0 Å². The fourth-order valence-electron chi connectivity index (χ4n) is 2.21. The van der Waals surface area contributed by atoms with E-state index in [9.17, 15) is 14.0 Å². The molecule has 1 amide bonds. The zero-order chi connectivity index (χ0) is 16.2. The van der Waals surface area contributed by atoms with E-state index in [4.69, 9.17) is 4.74 Å². The average Bonchev–Trinajstić information content (AvgIpc) is 2.55. The van der Waals surface area contributed by atoms with E-state index in [1.54, 1.807) is 18.2 Å². The maximum Gasteiger partial charge on any atom is 0.307 e. The fraction of sp³-hybridized carbons (Fsp3) is 0.176. The summed E-state index contributed by atoms with van der Waals surface area (Å²) in [6.45, 7) is -0.138. The second-order valence-electron chi connectivity index (χ2n) is 5.05. The molecule has 1 aliphatic heterocycles. The summed E-state index contributed by atoms with van der Waals surface area (Å²) in [7, 11) is 0. The molecule has 2 aromatic carbocycles. The molecule has 1 N–H and O–H groups in total. The first-order valence-electron chi connectivity index (χ1n) is 7.09. The van der Waals surface area contributed by atoms with Gasteiger partial charge in [-0.1, -0.05) is 30.3 Å². The van der Waals surface area contributed by atoms with Gasteiger partial charge in [0.25, 0.3) is 0 Å². The molecule has 6 heteroatoms. The molecule has 118 valence electrons. The number of nitrogens with one attached hydrogen (secondary N) is 1. The molecule has 1 atom stereocenters. The van der Waals surface area contributed by atoms with E-state index in [1.807, 2.05) is 24.3 Å². The van der Waals surface area contributed by atoms with Crippen LogP contribution in [-0.4, -0.2) is 17.1 Å². The van der Waals surface area contributed by atoms with E-state index in [2.05, 4.69) is 5.32 Å². The minimum atomic E-state index is -0.543. The van der Waals surface area contributed by atoms with Gasteiger partial charge in [-0.2, -0.15) is 0 Å². The van der Waals surface area contributed by atoms with Crippen molar-refractivity contribution in [2.75, 3.05) is 5.32 Å². The van der Waals surface area contributed by atoms with Gasteiger partial charge in [-0.3, -0.25) is 9.59 Å². The normalized spacial score (nSPS) is 16.4. The highest BCUT2D eigenvalue weighted by Gasteiger charge is 2.29. The summed E-state index contributed by atoms with van der Waals surface area (Å²) in [5.41, 5.74) is 1.06. The molecule has 0 aromatic heterocycles. The van der Waals surface area contributed by atoms with Crippen LogP contribution in [0.25, 0.3) is 0 Å². The van der Waals surface area contributed by atoms with Crippen molar-refractivity contribution in [3.63, 3.8) is 0 Å². The van der Waals surface area contributed by atoms with Crippen LogP contribution in [0.5, 0.6) is 0 Å². The number of hydrogen-bond acceptors (Lipinski definition) is 4. The summed E-state index contributed by atoms with van der Waals surface area (Å²) in [5.74, 6) is -1.17. The first-order chi connectivity index (χ1) is 11.1. The van der Waals surface area contributed by atoms with Gasteiger partial charge in [0.1, 0.15) is 12.4 Å². The Morgan fingerprint density at radius 3 is 2.74 bits per heavy atom. The van der Waals surface area contributed by atoms with Crippen LogP contribution in [0.2, 0.25) is 0 Å². The number of halogens is 1. The van der Waals surface area contributed by atoms with Gasteiger partial charge in [0.15, 0.2) is 0 Å². The van der Waals surface area contributed by atoms with E-state index >= 15 is 0 Å². The third kappa shape index (κ3) is 3.71. The number of thioether (sulfide) groups is 1. The van der Waals surface area contributed by atoms with Gasteiger partial charge in [-0.25, -0.2) is 4.39 Å². The molecule has 0 radical (unpaired) electrons. The van der Waals surface area contributed by atoms with E-state index in [0.29, 0.717) is 5.56 Å². The van der Waals surface area contributed by atoms with Crippen molar-refractivity contribution < 1.29 is 18.7 Å². The van der Waals surface area contributed by atoms with Crippen LogP contribution in [0, 0.1) is 5.82 Å². The van der Waals surface area contributed by atoms with E-state index in [-0.39, 0.29) is 18.9 Å². The summed E-state index contributed by atoms with van der Waals surface area (Å²) in [6.07, 6.45) is -0.0563. The predicted octanol–water partition coefficient (Wildman–Crippen LogP) is 3.37. The Morgan fingerprint density at radius 1 is 1.17 bits per heavy atom. The molecule has 2 aromatic rings. The molecule has 23 heavy (non-hydrogen) atoms. The van der Waals surface area contributed by atoms with Crippen LogP contribution in [0.3, 0.4) is 0 Å². The highest BCUT2D eigenvalue weighted by Crippen LogP contribution is 2.36. The highest BCUT2D eigenvalue weighted by molar-refractivity contribution is 8.01. The Morgan fingerprint density at radius 2 is 1.91 bits per heavy atom. The number of benzene rings is 2. The molecule has 1 aliphatic rings. The van der Waals surface area contributed by atoms with Crippen molar-refractivity contribution in [2.45, 2.75) is 23.2 Å². The minimum absolute atomic E-state index is 0.0563. The van der Waals surface area contributed by atoms with E-state index < -0.39 is 17.0 Å². The molecule has 0 fully saturated rings. The van der Waals surface area contributed by atoms with Crippen molar-refractivity contribution in [2.24, 2.45) is 0 Å². The molecule has 0 saturated heterocycles. The number of fused-ring (bicyclic) bond motifs is 1. The van der Waals surface area contributed by atoms with Gasteiger partial charge in [-0.05, 0) is 18.2 Å². The summed E-state index contributed by atoms with van der Waals surface area (Å²) in [4.78, 5) is 24.9. The van der Waals surface area contributed by atoms with E-state index in [0.717, 1.165) is 10.6 Å². The van der Waals surface area contributed by atoms with E-state index in [1.165, 1.54) is 17.8 Å². The number of carbonyl (C=O) groups excluding carboxylic acids is 2. The smallest absolute Gasteiger partial charge is 0.307 e. The van der Waals surface area contributed by atoms with Crippen LogP contribution in [0.15, 0.2) is 53.4 Å². The summed E-state index contributed by atoms with van der Waals surface area (Å²) in [6, 6.07) is 13.5. The van der Waals surface area contributed by atoms with Gasteiger partial charge < -0.3 is 10.1 Å². The molecule has 0 unspecified atom stereocenters. The summed E-state index contributed by atoms with van der Waals surface area (Å²) in [5, 5.41) is 2.23. The Bertz CT molecular complexity index is 750. The van der Waals surface area contributed by atoms with Crippen LogP contribution >= 0.6 is 11.8 Å². The highest BCUT2D eigenvalue weighted by atomic mass is 32.2. The SMILES string of the molecule is O=C(C[C@H]1Sc2ccccc2NC1=O)OCc1ccccc1F. The van der Waals surface area contributed by atoms with Crippen molar-refractivity contribution in [1.82, 2.24) is 0 Å². The van der Waals surface area contributed by atoms with Crippen molar-refractivity contribution >= 4 is 29.3 Å². The van der Waals surface area contributed by atoms with Crippen molar-refractivity contribution in [3.05, 3.63) is 59.9 Å². The number of esters is 1. The van der Waals surface area contributed by atoms with Gasteiger partial charge >= 0.3 is 5.97 Å². The van der Waals surface area contributed by atoms with Crippen LogP contribution in [0.4, 0.5) is 10.1 Å². The topological polar surface area (TPSA) is 55.4 Å². The van der Waals surface area contributed by atoms with Crippen molar-refractivity contribution in [3.8, 4) is 0 Å². The second kappa shape index (κ2) is 6.83. The predicted molar refractivity (Wildman–Crippen MR) is 85.5 cm³/mol. The Kier molecular flexibility index (Phi) is 4.62. The molecule has 3 rings (SSSR count). The third-order valence-electron chi connectivity index (χ3n) is 3.41. The molecular formula is C17H14FNO3S. The lowest BCUT2D eigenvalue weighted by Crippen LogP contribution is -2.31. The quantitative estimate of drug-likeness (QED) is 0.873. The molecule has 1 heterocycles. The largest absolute Gasteiger partial charge is 0.461 e. The maximum atomic E-state index is 13.5. The van der Waals surface area contributed by atoms with Gasteiger partial charge in [0.2, 0.25) is 5.91 Å². The first kappa shape index (κ1) is 15.6. The molecule has 0 saturated carbocycles. The zero-order valence-corrected chi connectivity index (χ0v) is 12.9. The monoisotopic (exact) mass is 331 g/mol. The number of para-hydroxylation sites is 1. The molecule has 0 spiro atoms. The zero-order valence-electron chi connectivity index (χ0n) is 12.1. The lowest BCUT2D eigenvalue weighted by molar-refractivity contribution is -0.145. The number of anilines is 1. The Labute approximate surface area is 137 Å². The van der Waals surface area contributed by atoms with Crippen LogP contribution in [-0.2, 0) is 20.9 Å². The standard InChI is InChI=1S/C17H14FNO3S/c18-12-6-2-1-5-11(12)10-22-16(20)9-15-17(21)19-13-7-3-4-8-14(13)23-15/h1-8,15H,9-10H2,(H,19,21)/t15-/m1/s1. The number of ether oxygens (including phenoxy) is 1. The number of hydrogen-bond donors (Lipinski definition) is 1. The lowest BCUT2D eigenvalue weighted by atomic mass is 10.2. The van der Waals surface area contributed by atoms with Gasteiger partial charge in [0, 0.05) is 10.5 Å².